The Balaban J connectivity index is 1.95. The number of nitrogens with one attached hydrogen (secondary N) is 2. The predicted octanol–water partition coefficient (Wildman–Crippen LogP) is 4.00. The number of carbonyl (C=O) groups excluding carboxylic acids is 1. The molecule has 0 aliphatic rings. The highest BCUT2D eigenvalue weighted by atomic mass is 35.5. The monoisotopic (exact) mass is 356 g/mol. The van der Waals surface area contributed by atoms with E-state index in [-0.39, 0.29) is 18.2 Å². The fourth-order valence-electron chi connectivity index (χ4n) is 1.94. The summed E-state index contributed by atoms with van der Waals surface area (Å²) in [6, 6.07) is 10.9. The number of methoxy groups -OCH3 is 1. The van der Waals surface area contributed by atoms with Gasteiger partial charge in [0.15, 0.2) is 0 Å². The molecule has 2 aromatic rings. The van der Waals surface area contributed by atoms with E-state index in [1.807, 2.05) is 0 Å². The maximum absolute atomic E-state index is 12.3. The predicted molar refractivity (Wildman–Crippen MR) is 88.2 cm³/mol. The van der Waals surface area contributed by atoms with Crippen molar-refractivity contribution in [1.29, 1.82) is 0 Å². The number of alkyl halides is 2. The first-order valence-corrected chi connectivity index (χ1v) is 7.28. The van der Waals surface area contributed by atoms with Gasteiger partial charge in [-0.1, -0.05) is 23.7 Å². The number of hydrogen-bond donors (Lipinski definition) is 2. The van der Waals surface area contributed by atoms with Gasteiger partial charge in [-0.05, 0) is 30.3 Å². The molecule has 0 atom stereocenters. The molecule has 8 heteroatoms. The first-order chi connectivity index (χ1) is 11.5. The highest BCUT2D eigenvalue weighted by molar-refractivity contribution is 6.32. The van der Waals surface area contributed by atoms with Crippen molar-refractivity contribution in [2.45, 2.75) is 6.61 Å². The van der Waals surface area contributed by atoms with Gasteiger partial charge in [0.25, 0.3) is 0 Å². The van der Waals surface area contributed by atoms with Crippen LogP contribution in [0.3, 0.4) is 0 Å². The minimum Gasteiger partial charge on any atom is -0.495 e. The molecule has 0 aromatic heterocycles. The normalized spacial score (nSPS) is 10.4. The summed E-state index contributed by atoms with van der Waals surface area (Å²) in [7, 11) is 1.49. The Labute approximate surface area is 142 Å². The van der Waals surface area contributed by atoms with Crippen molar-refractivity contribution < 1.29 is 23.0 Å². The van der Waals surface area contributed by atoms with Crippen LogP contribution in [0.2, 0.25) is 5.02 Å². The van der Waals surface area contributed by atoms with Gasteiger partial charge < -0.3 is 20.1 Å². The number of amides is 1. The number of benzene rings is 2. The number of ether oxygens (including phenoxy) is 2. The Morgan fingerprint density at radius 3 is 2.62 bits per heavy atom. The first kappa shape index (κ1) is 17.8. The fourth-order valence-corrected chi connectivity index (χ4v) is 2.19. The van der Waals surface area contributed by atoms with E-state index >= 15 is 0 Å². The van der Waals surface area contributed by atoms with Gasteiger partial charge in [-0.3, -0.25) is 4.79 Å². The number of carbonyl (C=O) groups is 1. The molecule has 2 N–H and O–H groups in total. The molecule has 1 amide bonds. The van der Waals surface area contributed by atoms with E-state index in [1.165, 1.54) is 19.2 Å². The van der Waals surface area contributed by atoms with Crippen LogP contribution in [0.15, 0.2) is 42.5 Å². The molecule has 0 unspecified atom stereocenters. The molecule has 24 heavy (non-hydrogen) atoms. The van der Waals surface area contributed by atoms with Crippen LogP contribution in [0.1, 0.15) is 0 Å². The van der Waals surface area contributed by atoms with Crippen LogP contribution in [-0.4, -0.2) is 26.2 Å². The average Bonchev–Trinajstić information content (AvgIpc) is 2.54. The zero-order valence-corrected chi connectivity index (χ0v) is 13.4. The molecule has 0 spiro atoms. The number of halogens is 3. The maximum Gasteiger partial charge on any atom is 0.387 e. The minimum atomic E-state index is -2.94. The van der Waals surface area contributed by atoms with E-state index < -0.39 is 6.61 Å². The van der Waals surface area contributed by atoms with E-state index in [0.29, 0.717) is 22.1 Å². The molecule has 2 aromatic carbocycles. The molecule has 0 radical (unpaired) electrons. The lowest BCUT2D eigenvalue weighted by atomic mass is 10.3. The van der Waals surface area contributed by atoms with E-state index in [9.17, 15) is 13.6 Å². The zero-order chi connectivity index (χ0) is 17.5. The van der Waals surface area contributed by atoms with Crippen LogP contribution in [0.4, 0.5) is 20.2 Å². The van der Waals surface area contributed by atoms with Crippen molar-refractivity contribution in [2.75, 3.05) is 24.3 Å². The summed E-state index contributed by atoms with van der Waals surface area (Å²) in [5, 5.41) is 5.74. The Kier molecular flexibility index (Phi) is 6.20. The molecular weight excluding hydrogens is 342 g/mol. The lowest BCUT2D eigenvalue weighted by Gasteiger charge is -2.13. The van der Waals surface area contributed by atoms with Crippen LogP contribution in [-0.2, 0) is 4.79 Å². The third-order valence-electron chi connectivity index (χ3n) is 2.98. The fraction of sp³-hybridized carbons (Fsp3) is 0.188. The maximum atomic E-state index is 12.3. The molecule has 2 rings (SSSR count). The number of para-hydroxylation sites is 2. The van der Waals surface area contributed by atoms with Crippen molar-refractivity contribution in [3.63, 3.8) is 0 Å². The van der Waals surface area contributed by atoms with E-state index in [0.717, 1.165) is 0 Å². The van der Waals surface area contributed by atoms with Crippen LogP contribution in [0.25, 0.3) is 0 Å². The van der Waals surface area contributed by atoms with Crippen molar-refractivity contribution in [2.24, 2.45) is 0 Å². The van der Waals surface area contributed by atoms with Crippen LogP contribution in [0, 0.1) is 0 Å². The molecule has 0 bridgehead atoms. The second-order valence-electron chi connectivity index (χ2n) is 4.63. The smallest absolute Gasteiger partial charge is 0.387 e. The number of anilines is 2. The lowest BCUT2D eigenvalue weighted by Crippen LogP contribution is -2.22. The summed E-state index contributed by atoms with van der Waals surface area (Å²) < 4.78 is 34.1. The Hall–Kier alpha value is -2.54. The minimum absolute atomic E-state index is 0.0345. The van der Waals surface area contributed by atoms with E-state index in [4.69, 9.17) is 16.3 Å². The molecule has 0 heterocycles. The third kappa shape index (κ3) is 4.99. The van der Waals surface area contributed by atoms with Gasteiger partial charge in [0, 0.05) is 5.69 Å². The van der Waals surface area contributed by atoms with E-state index in [2.05, 4.69) is 15.4 Å². The highest BCUT2D eigenvalue weighted by Gasteiger charge is 2.10. The summed E-state index contributed by atoms with van der Waals surface area (Å²) in [5.74, 6) is 0.0849. The first-order valence-electron chi connectivity index (χ1n) is 6.90. The standard InChI is InChI=1S/C16H15ClF2N2O3/c1-23-13-7-6-10(8-11(13)17)21-15(22)9-20-12-4-2-3-5-14(12)24-16(18)19/h2-8,16,20H,9H2,1H3,(H,21,22). The second-order valence-corrected chi connectivity index (χ2v) is 5.03. The molecule has 0 aliphatic carbocycles. The average molecular weight is 357 g/mol. The molecular formula is C16H15ClF2N2O3. The number of rotatable bonds is 7. The molecule has 0 saturated carbocycles. The summed E-state index contributed by atoms with van der Waals surface area (Å²) >= 11 is 5.98. The van der Waals surface area contributed by atoms with Gasteiger partial charge in [-0.25, -0.2) is 0 Å². The van der Waals surface area contributed by atoms with Gasteiger partial charge in [0.05, 0.1) is 24.4 Å². The van der Waals surface area contributed by atoms with Gasteiger partial charge in [0.1, 0.15) is 11.5 Å². The zero-order valence-electron chi connectivity index (χ0n) is 12.7. The van der Waals surface area contributed by atoms with Crippen LogP contribution >= 0.6 is 11.6 Å². The molecule has 0 fully saturated rings. The Morgan fingerprint density at radius 2 is 1.96 bits per heavy atom. The largest absolute Gasteiger partial charge is 0.495 e. The van der Waals surface area contributed by atoms with Crippen molar-refractivity contribution in [1.82, 2.24) is 0 Å². The SMILES string of the molecule is COc1ccc(NC(=O)CNc2ccccc2OC(F)F)cc1Cl. The lowest BCUT2D eigenvalue weighted by molar-refractivity contribution is -0.114. The van der Waals surface area contributed by atoms with Gasteiger partial charge in [0.2, 0.25) is 5.91 Å². The van der Waals surface area contributed by atoms with Gasteiger partial charge >= 0.3 is 6.61 Å². The van der Waals surface area contributed by atoms with Crippen molar-refractivity contribution >= 4 is 28.9 Å². The van der Waals surface area contributed by atoms with Crippen molar-refractivity contribution in [3.8, 4) is 11.5 Å². The summed E-state index contributed by atoms with van der Waals surface area (Å²) in [6.45, 7) is -3.07. The molecule has 128 valence electrons. The van der Waals surface area contributed by atoms with Crippen molar-refractivity contribution in [3.05, 3.63) is 47.5 Å². The highest BCUT2D eigenvalue weighted by Crippen LogP contribution is 2.27. The molecule has 0 saturated heterocycles. The third-order valence-corrected chi connectivity index (χ3v) is 3.27. The quantitative estimate of drug-likeness (QED) is 0.787. The Morgan fingerprint density at radius 1 is 1.21 bits per heavy atom. The summed E-state index contributed by atoms with van der Waals surface area (Å²) in [5.41, 5.74) is 0.783. The number of hydrogen-bond acceptors (Lipinski definition) is 4. The van der Waals surface area contributed by atoms with E-state index in [1.54, 1.807) is 30.3 Å². The van der Waals surface area contributed by atoms with Crippen LogP contribution in [0.5, 0.6) is 11.5 Å². The summed E-state index contributed by atoms with van der Waals surface area (Å²) in [6.07, 6.45) is 0. The Bertz CT molecular complexity index is 713. The molecule has 0 aliphatic heterocycles. The molecule has 5 nitrogen and oxygen atoms in total. The van der Waals surface area contributed by atoms with Gasteiger partial charge in [-0.15, -0.1) is 0 Å². The summed E-state index contributed by atoms with van der Waals surface area (Å²) in [4.78, 5) is 11.9. The van der Waals surface area contributed by atoms with Crippen LogP contribution < -0.4 is 20.1 Å². The topological polar surface area (TPSA) is 59.6 Å². The second kappa shape index (κ2) is 8.35. The van der Waals surface area contributed by atoms with Gasteiger partial charge in [-0.2, -0.15) is 8.78 Å².